The highest BCUT2D eigenvalue weighted by Gasteiger charge is 2.20. The van der Waals surface area contributed by atoms with Gasteiger partial charge in [0.15, 0.2) is 0 Å². The van der Waals surface area contributed by atoms with E-state index in [0.29, 0.717) is 25.9 Å². The molecule has 0 fully saturated rings. The van der Waals surface area contributed by atoms with Gasteiger partial charge in [0.1, 0.15) is 0 Å². The summed E-state index contributed by atoms with van der Waals surface area (Å²) in [6.07, 6.45) is 67.2. The first kappa shape index (κ1) is 63.1. The molecule has 0 aromatic carbocycles. The van der Waals surface area contributed by atoms with Gasteiger partial charge >= 0.3 is 5.97 Å². The Morgan fingerprint density at radius 2 is 0.785 bits per heavy atom. The molecule has 0 aliphatic heterocycles. The molecule has 65 heavy (non-hydrogen) atoms. The number of unbranched alkanes of at least 4 members (excludes halogenated alkanes) is 36. The van der Waals surface area contributed by atoms with E-state index in [-0.39, 0.29) is 18.5 Å². The third-order valence-corrected chi connectivity index (χ3v) is 13.2. The number of esters is 1. The van der Waals surface area contributed by atoms with Crippen LogP contribution in [-0.4, -0.2) is 47.4 Å². The van der Waals surface area contributed by atoms with Gasteiger partial charge in [0, 0.05) is 12.8 Å². The SMILES string of the molecule is CCCC/C=C\CCCCCCCC(=O)OCCCCCCCCCCC/C=C\C/C=C\CCCCCCCCCCCCCC(=O)NC(CO)C(O)CCCCCCCCCCCC. The first-order chi connectivity index (χ1) is 32.0. The number of allylic oxidation sites excluding steroid dienone is 6. The van der Waals surface area contributed by atoms with Crippen molar-refractivity contribution in [3.05, 3.63) is 36.5 Å². The number of hydrogen-bond acceptors (Lipinski definition) is 5. The molecule has 0 aromatic heterocycles. The number of nitrogens with one attached hydrogen (secondary N) is 1. The number of carbonyl (C=O) groups excluding carboxylic acids is 2. The molecule has 2 atom stereocenters. The standard InChI is InChI=1S/C59H111NO5/c1-3-5-7-9-11-13-32-37-41-45-49-53-59(64)65-54-50-46-42-38-34-31-29-27-25-23-21-19-17-15-16-18-20-22-24-26-28-30-33-36-40-44-48-52-58(63)60-56(55-61)57(62)51-47-43-39-35-14-12-10-8-6-4-2/h9,11,15-16,19,21,56-57,61-62H,3-8,10,12-14,17-18,20,22-55H2,1-2H3,(H,60,63)/b11-9-,16-15-,21-19-. The first-order valence-corrected chi connectivity index (χ1v) is 28.7. The van der Waals surface area contributed by atoms with Crippen LogP contribution >= 0.6 is 0 Å². The van der Waals surface area contributed by atoms with E-state index in [9.17, 15) is 19.8 Å². The van der Waals surface area contributed by atoms with Crippen LogP contribution in [0.15, 0.2) is 36.5 Å². The largest absolute Gasteiger partial charge is 0.466 e. The molecule has 0 aromatic rings. The minimum atomic E-state index is -0.664. The normalized spacial score (nSPS) is 12.9. The number of amides is 1. The maximum absolute atomic E-state index is 12.4. The minimum Gasteiger partial charge on any atom is -0.466 e. The van der Waals surface area contributed by atoms with Gasteiger partial charge in [-0.2, -0.15) is 0 Å². The lowest BCUT2D eigenvalue weighted by atomic mass is 10.0. The Balaban J connectivity index is 3.41. The molecule has 0 spiro atoms. The molecule has 3 N–H and O–H groups in total. The van der Waals surface area contributed by atoms with E-state index in [2.05, 4.69) is 55.6 Å². The van der Waals surface area contributed by atoms with E-state index < -0.39 is 12.1 Å². The van der Waals surface area contributed by atoms with Crippen LogP contribution in [0.3, 0.4) is 0 Å². The van der Waals surface area contributed by atoms with Crippen LogP contribution < -0.4 is 5.32 Å². The van der Waals surface area contributed by atoms with Crippen LogP contribution in [0.4, 0.5) is 0 Å². The topological polar surface area (TPSA) is 95.9 Å². The molecule has 6 heteroatoms. The predicted molar refractivity (Wildman–Crippen MR) is 283 cm³/mol. The summed E-state index contributed by atoms with van der Waals surface area (Å²) >= 11 is 0. The third kappa shape index (κ3) is 51.3. The van der Waals surface area contributed by atoms with Gasteiger partial charge in [0.05, 0.1) is 25.4 Å². The zero-order valence-corrected chi connectivity index (χ0v) is 43.5. The average molecular weight is 915 g/mol. The minimum absolute atomic E-state index is 0.000933. The highest BCUT2D eigenvalue weighted by molar-refractivity contribution is 5.76. The fourth-order valence-electron chi connectivity index (χ4n) is 8.71. The third-order valence-electron chi connectivity index (χ3n) is 13.2. The average Bonchev–Trinajstić information content (AvgIpc) is 3.31. The van der Waals surface area contributed by atoms with E-state index in [1.165, 1.54) is 218 Å². The maximum Gasteiger partial charge on any atom is 0.305 e. The van der Waals surface area contributed by atoms with Crippen molar-refractivity contribution in [1.82, 2.24) is 5.32 Å². The summed E-state index contributed by atoms with van der Waals surface area (Å²) in [7, 11) is 0. The number of carbonyl (C=O) groups is 2. The van der Waals surface area contributed by atoms with E-state index in [0.717, 1.165) is 51.4 Å². The molecule has 1 amide bonds. The first-order valence-electron chi connectivity index (χ1n) is 28.7. The molecular formula is C59H111NO5. The fraction of sp³-hybridized carbons (Fsp3) is 0.864. The summed E-state index contributed by atoms with van der Waals surface area (Å²) in [6, 6.07) is -0.542. The van der Waals surface area contributed by atoms with Crippen molar-refractivity contribution in [1.29, 1.82) is 0 Å². The Kier molecular flexibility index (Phi) is 53.1. The van der Waals surface area contributed by atoms with Crippen LogP contribution in [0.5, 0.6) is 0 Å². The fourth-order valence-corrected chi connectivity index (χ4v) is 8.71. The van der Waals surface area contributed by atoms with Crippen LogP contribution in [0.2, 0.25) is 0 Å². The van der Waals surface area contributed by atoms with Gasteiger partial charge in [-0.05, 0) is 77.0 Å². The molecule has 0 radical (unpaired) electrons. The summed E-state index contributed by atoms with van der Waals surface area (Å²) in [5.74, 6) is -0.0408. The Morgan fingerprint density at radius 3 is 1.23 bits per heavy atom. The van der Waals surface area contributed by atoms with Gasteiger partial charge in [-0.25, -0.2) is 0 Å². The van der Waals surface area contributed by atoms with E-state index in [4.69, 9.17) is 4.74 Å². The lowest BCUT2D eigenvalue weighted by Gasteiger charge is -2.22. The molecule has 0 saturated carbocycles. The lowest BCUT2D eigenvalue weighted by Crippen LogP contribution is -2.45. The van der Waals surface area contributed by atoms with Gasteiger partial charge in [-0.3, -0.25) is 9.59 Å². The van der Waals surface area contributed by atoms with E-state index in [1.807, 2.05) is 0 Å². The smallest absolute Gasteiger partial charge is 0.305 e. The van der Waals surface area contributed by atoms with Crippen molar-refractivity contribution in [3.8, 4) is 0 Å². The molecule has 2 unspecified atom stereocenters. The highest BCUT2D eigenvalue weighted by Crippen LogP contribution is 2.16. The molecular weight excluding hydrogens is 803 g/mol. The van der Waals surface area contributed by atoms with Crippen molar-refractivity contribution >= 4 is 11.9 Å². The van der Waals surface area contributed by atoms with Gasteiger partial charge in [-0.15, -0.1) is 0 Å². The van der Waals surface area contributed by atoms with Crippen molar-refractivity contribution in [2.45, 2.75) is 315 Å². The second-order valence-corrected chi connectivity index (χ2v) is 19.6. The Bertz CT molecular complexity index is 1060. The van der Waals surface area contributed by atoms with E-state index in [1.54, 1.807) is 0 Å². The van der Waals surface area contributed by atoms with Gasteiger partial charge in [-0.1, -0.05) is 249 Å². The van der Waals surface area contributed by atoms with Gasteiger partial charge in [0.25, 0.3) is 0 Å². The predicted octanol–water partition coefficient (Wildman–Crippen LogP) is 17.6. The number of aliphatic hydroxyl groups is 2. The van der Waals surface area contributed by atoms with Gasteiger partial charge < -0.3 is 20.3 Å². The molecule has 0 aliphatic carbocycles. The van der Waals surface area contributed by atoms with Crippen LogP contribution in [-0.2, 0) is 14.3 Å². The summed E-state index contributed by atoms with van der Waals surface area (Å²) in [5.41, 5.74) is 0. The number of aliphatic hydroxyl groups excluding tert-OH is 2. The van der Waals surface area contributed by atoms with Crippen LogP contribution in [0.1, 0.15) is 303 Å². The van der Waals surface area contributed by atoms with Gasteiger partial charge in [0.2, 0.25) is 5.91 Å². The van der Waals surface area contributed by atoms with Crippen molar-refractivity contribution in [2.24, 2.45) is 0 Å². The van der Waals surface area contributed by atoms with Crippen molar-refractivity contribution < 1.29 is 24.5 Å². The molecule has 0 heterocycles. The molecule has 6 nitrogen and oxygen atoms in total. The Hall–Kier alpha value is -1.92. The number of hydrogen-bond donors (Lipinski definition) is 3. The van der Waals surface area contributed by atoms with Crippen LogP contribution in [0, 0.1) is 0 Å². The molecule has 0 saturated heterocycles. The lowest BCUT2D eigenvalue weighted by molar-refractivity contribution is -0.143. The number of rotatable bonds is 53. The number of ether oxygens (including phenoxy) is 1. The van der Waals surface area contributed by atoms with Crippen LogP contribution in [0.25, 0.3) is 0 Å². The van der Waals surface area contributed by atoms with Crippen molar-refractivity contribution in [3.63, 3.8) is 0 Å². The van der Waals surface area contributed by atoms with E-state index >= 15 is 0 Å². The second-order valence-electron chi connectivity index (χ2n) is 19.6. The monoisotopic (exact) mass is 914 g/mol. The molecule has 0 aliphatic rings. The summed E-state index contributed by atoms with van der Waals surface area (Å²) in [5, 5.41) is 23.1. The molecule has 382 valence electrons. The summed E-state index contributed by atoms with van der Waals surface area (Å²) < 4.78 is 5.45. The molecule has 0 bridgehead atoms. The maximum atomic E-state index is 12.4. The summed E-state index contributed by atoms with van der Waals surface area (Å²) in [6.45, 7) is 4.90. The zero-order valence-electron chi connectivity index (χ0n) is 43.5. The molecule has 0 rings (SSSR count). The summed E-state index contributed by atoms with van der Waals surface area (Å²) in [4.78, 5) is 24.4. The Morgan fingerprint density at radius 1 is 0.431 bits per heavy atom. The van der Waals surface area contributed by atoms with Crippen molar-refractivity contribution in [2.75, 3.05) is 13.2 Å². The quantitative estimate of drug-likeness (QED) is 0.0321. The second kappa shape index (κ2) is 54.7. The zero-order chi connectivity index (χ0) is 47.2. The Labute approximate surface area is 404 Å². The highest BCUT2D eigenvalue weighted by atomic mass is 16.5.